The number of nitro groups is 1. The third kappa shape index (κ3) is 3.40. The molecule has 1 amide bonds. The number of aryl methyl sites for hydroxylation is 1. The predicted octanol–water partition coefficient (Wildman–Crippen LogP) is 3.89. The minimum Gasteiger partial charge on any atom is -0.340 e. The van der Waals surface area contributed by atoms with Crippen LogP contribution in [-0.4, -0.2) is 26.9 Å². The molecule has 2 aromatic heterocycles. The SMILES string of the molecule is C=CCN(C(=O)c1cc([N+](=O)[O-])cn1C)c1nc(-c2ccccc2)cs1. The van der Waals surface area contributed by atoms with Crippen molar-refractivity contribution in [1.82, 2.24) is 9.55 Å². The third-order valence-electron chi connectivity index (χ3n) is 3.77. The smallest absolute Gasteiger partial charge is 0.287 e. The number of carbonyl (C=O) groups excluding carboxylic acids is 1. The van der Waals surface area contributed by atoms with E-state index in [0.717, 1.165) is 11.3 Å². The van der Waals surface area contributed by atoms with Crippen LogP contribution in [0.15, 0.2) is 60.6 Å². The number of amides is 1. The molecule has 7 nitrogen and oxygen atoms in total. The van der Waals surface area contributed by atoms with Gasteiger partial charge in [0.05, 0.1) is 16.8 Å². The molecule has 0 spiro atoms. The molecule has 0 saturated carbocycles. The summed E-state index contributed by atoms with van der Waals surface area (Å²) in [4.78, 5) is 29.4. The fourth-order valence-corrected chi connectivity index (χ4v) is 3.35. The molecule has 26 heavy (non-hydrogen) atoms. The van der Waals surface area contributed by atoms with Crippen molar-refractivity contribution in [1.29, 1.82) is 0 Å². The molecule has 0 saturated heterocycles. The second-order valence-corrected chi connectivity index (χ2v) is 6.37. The summed E-state index contributed by atoms with van der Waals surface area (Å²) in [7, 11) is 1.60. The van der Waals surface area contributed by atoms with Gasteiger partial charge in [0, 0.05) is 30.6 Å². The number of benzene rings is 1. The Bertz CT molecular complexity index is 962. The molecule has 0 N–H and O–H groups in total. The molecule has 0 aliphatic rings. The molecule has 0 aliphatic carbocycles. The van der Waals surface area contributed by atoms with Crippen molar-refractivity contribution >= 4 is 28.1 Å². The summed E-state index contributed by atoms with van der Waals surface area (Å²) in [6.45, 7) is 3.94. The molecule has 8 heteroatoms. The van der Waals surface area contributed by atoms with Gasteiger partial charge in [-0.05, 0) is 0 Å². The first-order valence-corrected chi connectivity index (χ1v) is 8.63. The number of hydrogen-bond acceptors (Lipinski definition) is 5. The Labute approximate surface area is 154 Å². The zero-order valence-electron chi connectivity index (χ0n) is 14.0. The van der Waals surface area contributed by atoms with E-state index in [-0.39, 0.29) is 23.8 Å². The number of nitrogens with zero attached hydrogens (tertiary/aromatic N) is 4. The Morgan fingerprint density at radius 3 is 2.77 bits per heavy atom. The first-order chi connectivity index (χ1) is 12.5. The zero-order valence-corrected chi connectivity index (χ0v) is 14.8. The highest BCUT2D eigenvalue weighted by Gasteiger charge is 2.25. The Morgan fingerprint density at radius 2 is 2.15 bits per heavy atom. The second-order valence-electron chi connectivity index (χ2n) is 5.54. The highest BCUT2D eigenvalue weighted by atomic mass is 32.1. The van der Waals surface area contributed by atoms with E-state index in [1.165, 1.54) is 33.1 Å². The molecular weight excluding hydrogens is 352 g/mol. The third-order valence-corrected chi connectivity index (χ3v) is 4.63. The van der Waals surface area contributed by atoms with E-state index in [0.29, 0.717) is 5.13 Å². The number of anilines is 1. The van der Waals surface area contributed by atoms with Crippen LogP contribution >= 0.6 is 11.3 Å². The average molecular weight is 368 g/mol. The summed E-state index contributed by atoms with van der Waals surface area (Å²) in [6, 6.07) is 10.9. The van der Waals surface area contributed by atoms with Crippen LogP contribution in [-0.2, 0) is 7.05 Å². The van der Waals surface area contributed by atoms with Crippen LogP contribution < -0.4 is 4.90 Å². The van der Waals surface area contributed by atoms with Crippen molar-refractivity contribution in [3.05, 3.63) is 76.4 Å². The molecule has 0 unspecified atom stereocenters. The van der Waals surface area contributed by atoms with E-state index in [1.807, 2.05) is 35.7 Å². The topological polar surface area (TPSA) is 81.3 Å². The van der Waals surface area contributed by atoms with E-state index in [4.69, 9.17) is 0 Å². The van der Waals surface area contributed by atoms with Gasteiger partial charge in [0.25, 0.3) is 11.6 Å². The van der Waals surface area contributed by atoms with Crippen LogP contribution in [0.5, 0.6) is 0 Å². The Hall–Kier alpha value is -3.26. The molecule has 0 bridgehead atoms. The van der Waals surface area contributed by atoms with Gasteiger partial charge in [-0.15, -0.1) is 17.9 Å². The van der Waals surface area contributed by atoms with Gasteiger partial charge in [-0.25, -0.2) is 4.98 Å². The Morgan fingerprint density at radius 1 is 1.42 bits per heavy atom. The molecule has 0 radical (unpaired) electrons. The maximum absolute atomic E-state index is 12.9. The fourth-order valence-electron chi connectivity index (χ4n) is 2.50. The normalized spacial score (nSPS) is 10.5. The van der Waals surface area contributed by atoms with Crippen LogP contribution in [0.4, 0.5) is 10.8 Å². The van der Waals surface area contributed by atoms with Gasteiger partial charge in [0.2, 0.25) is 0 Å². The van der Waals surface area contributed by atoms with Crippen molar-refractivity contribution in [2.45, 2.75) is 0 Å². The molecule has 1 aromatic carbocycles. The van der Waals surface area contributed by atoms with Gasteiger partial charge < -0.3 is 4.57 Å². The number of aromatic nitrogens is 2. The lowest BCUT2D eigenvalue weighted by atomic mass is 10.2. The molecule has 2 heterocycles. The summed E-state index contributed by atoms with van der Waals surface area (Å²) in [5.41, 5.74) is 1.81. The lowest BCUT2D eigenvalue weighted by Crippen LogP contribution is -2.32. The second kappa shape index (κ2) is 7.32. The van der Waals surface area contributed by atoms with Crippen LogP contribution in [0.2, 0.25) is 0 Å². The first-order valence-electron chi connectivity index (χ1n) is 7.75. The number of thiazole rings is 1. The number of rotatable bonds is 6. The molecule has 3 rings (SSSR count). The summed E-state index contributed by atoms with van der Waals surface area (Å²) in [6.07, 6.45) is 2.91. The standard InChI is InChI=1S/C18H16N4O3S/c1-3-9-21(17(23)16-10-14(22(24)25)11-20(16)2)18-19-15(12-26-18)13-7-5-4-6-8-13/h3-8,10-12H,1,9H2,2H3. The van der Waals surface area contributed by atoms with E-state index in [1.54, 1.807) is 13.1 Å². The Balaban J connectivity index is 1.95. The van der Waals surface area contributed by atoms with E-state index >= 15 is 0 Å². The molecule has 0 aliphatic heterocycles. The highest BCUT2D eigenvalue weighted by Crippen LogP contribution is 2.29. The number of hydrogen-bond donors (Lipinski definition) is 0. The van der Waals surface area contributed by atoms with Crippen LogP contribution in [0.1, 0.15) is 10.5 Å². The summed E-state index contributed by atoms with van der Waals surface area (Å²) < 4.78 is 1.45. The molecule has 3 aromatic rings. The van der Waals surface area contributed by atoms with Crippen molar-refractivity contribution in [2.75, 3.05) is 11.4 Å². The molecule has 0 fully saturated rings. The quantitative estimate of drug-likeness (QED) is 0.375. The fraction of sp³-hybridized carbons (Fsp3) is 0.111. The van der Waals surface area contributed by atoms with Crippen molar-refractivity contribution in [3.8, 4) is 11.3 Å². The maximum Gasteiger partial charge on any atom is 0.287 e. The number of carbonyl (C=O) groups is 1. The van der Waals surface area contributed by atoms with Gasteiger partial charge in [-0.1, -0.05) is 36.4 Å². The average Bonchev–Trinajstić information content (AvgIpc) is 3.27. The van der Waals surface area contributed by atoms with Crippen molar-refractivity contribution in [2.24, 2.45) is 7.05 Å². The van der Waals surface area contributed by atoms with Crippen LogP contribution in [0, 0.1) is 10.1 Å². The van der Waals surface area contributed by atoms with Gasteiger partial charge in [-0.3, -0.25) is 19.8 Å². The maximum atomic E-state index is 12.9. The van der Waals surface area contributed by atoms with Gasteiger partial charge in [-0.2, -0.15) is 0 Å². The summed E-state index contributed by atoms with van der Waals surface area (Å²) in [5, 5.41) is 13.3. The molecular formula is C18H16N4O3S. The zero-order chi connectivity index (χ0) is 18.7. The van der Waals surface area contributed by atoms with Crippen molar-refractivity contribution < 1.29 is 9.72 Å². The Kier molecular flexibility index (Phi) is 4.94. The lowest BCUT2D eigenvalue weighted by Gasteiger charge is -2.18. The monoisotopic (exact) mass is 368 g/mol. The van der Waals surface area contributed by atoms with Crippen molar-refractivity contribution in [3.63, 3.8) is 0 Å². The minimum absolute atomic E-state index is 0.126. The van der Waals surface area contributed by atoms with Gasteiger partial charge in [0.15, 0.2) is 5.13 Å². The largest absolute Gasteiger partial charge is 0.340 e. The lowest BCUT2D eigenvalue weighted by molar-refractivity contribution is -0.384. The predicted molar refractivity (Wildman–Crippen MR) is 101 cm³/mol. The van der Waals surface area contributed by atoms with E-state index < -0.39 is 4.92 Å². The molecule has 132 valence electrons. The van der Waals surface area contributed by atoms with Gasteiger partial charge in [0.1, 0.15) is 5.69 Å². The van der Waals surface area contributed by atoms with E-state index in [2.05, 4.69) is 11.6 Å². The van der Waals surface area contributed by atoms with Crippen LogP contribution in [0.3, 0.4) is 0 Å². The van der Waals surface area contributed by atoms with E-state index in [9.17, 15) is 14.9 Å². The summed E-state index contributed by atoms with van der Waals surface area (Å²) in [5.74, 6) is -0.366. The minimum atomic E-state index is -0.522. The highest BCUT2D eigenvalue weighted by molar-refractivity contribution is 7.14. The summed E-state index contributed by atoms with van der Waals surface area (Å²) >= 11 is 1.34. The van der Waals surface area contributed by atoms with Gasteiger partial charge >= 0.3 is 0 Å². The molecule has 0 atom stereocenters. The first kappa shape index (κ1) is 17.6. The van der Waals surface area contributed by atoms with Crippen LogP contribution in [0.25, 0.3) is 11.3 Å².